The Morgan fingerprint density at radius 2 is 1.44 bits per heavy atom. The van der Waals surface area contributed by atoms with Crippen LogP contribution in [0.4, 0.5) is 5.13 Å². The molecule has 1 aromatic heterocycles. The highest BCUT2D eigenvalue weighted by Crippen LogP contribution is 2.41. The lowest BCUT2D eigenvalue weighted by molar-refractivity contribution is 0.102. The van der Waals surface area contributed by atoms with Crippen LogP contribution < -0.4 is 24.3 Å². The number of carbonyl (C=O) groups is 1. The average molecular weight is 477 g/mol. The molecule has 1 N–H and O–H groups in total. The summed E-state index contributed by atoms with van der Waals surface area (Å²) in [7, 11) is 6.16. The van der Waals surface area contributed by atoms with Crippen LogP contribution in [0.1, 0.15) is 10.4 Å². The van der Waals surface area contributed by atoms with Crippen LogP contribution >= 0.6 is 11.3 Å². The van der Waals surface area contributed by atoms with Crippen molar-refractivity contribution >= 4 is 22.4 Å². The molecule has 4 rings (SSSR count). The summed E-state index contributed by atoms with van der Waals surface area (Å²) >= 11 is 1.40. The zero-order valence-electron chi connectivity index (χ0n) is 19.2. The molecule has 34 heavy (non-hydrogen) atoms. The van der Waals surface area contributed by atoms with E-state index < -0.39 is 0 Å². The van der Waals surface area contributed by atoms with Crippen LogP contribution in [0.15, 0.2) is 66.7 Å². The van der Waals surface area contributed by atoms with Gasteiger partial charge in [-0.05, 0) is 42.0 Å². The molecule has 1 heterocycles. The number of benzene rings is 3. The molecule has 0 fully saturated rings. The molecule has 7 nitrogen and oxygen atoms in total. The van der Waals surface area contributed by atoms with Gasteiger partial charge in [0.05, 0.1) is 39.0 Å². The number of thiazole rings is 1. The minimum Gasteiger partial charge on any atom is -0.497 e. The number of hydrogen-bond acceptors (Lipinski definition) is 7. The molecule has 0 aliphatic rings. The molecule has 8 heteroatoms. The second-order valence-corrected chi connectivity index (χ2v) is 8.16. The van der Waals surface area contributed by atoms with E-state index in [9.17, 15) is 4.79 Å². The largest absolute Gasteiger partial charge is 0.497 e. The van der Waals surface area contributed by atoms with Gasteiger partial charge in [0.25, 0.3) is 5.91 Å². The van der Waals surface area contributed by atoms with Crippen LogP contribution in [-0.2, 0) is 0 Å². The normalized spacial score (nSPS) is 10.5. The number of nitrogens with zero attached hydrogens (tertiary/aromatic N) is 1. The number of ether oxygens (including phenoxy) is 4. The summed E-state index contributed by atoms with van der Waals surface area (Å²) in [5.41, 5.74) is 3.08. The van der Waals surface area contributed by atoms with E-state index in [0.29, 0.717) is 27.9 Å². The van der Waals surface area contributed by atoms with Gasteiger partial charge in [-0.15, -0.1) is 0 Å². The van der Waals surface area contributed by atoms with Crippen LogP contribution in [0.3, 0.4) is 0 Å². The van der Waals surface area contributed by atoms with Crippen LogP contribution in [-0.4, -0.2) is 39.3 Å². The van der Waals surface area contributed by atoms with Crippen LogP contribution in [0.2, 0.25) is 0 Å². The van der Waals surface area contributed by atoms with Gasteiger partial charge in [-0.1, -0.05) is 41.7 Å². The highest BCUT2D eigenvalue weighted by Gasteiger charge is 2.20. The van der Waals surface area contributed by atoms with Crippen molar-refractivity contribution in [1.29, 1.82) is 0 Å². The summed E-state index contributed by atoms with van der Waals surface area (Å²) in [4.78, 5) is 18.8. The van der Waals surface area contributed by atoms with Crippen molar-refractivity contribution in [3.8, 4) is 44.7 Å². The standard InChI is InChI=1S/C26H24N2O5S/c1-30-19-12-10-17(11-13-19)24-22(16-8-6-5-7-9-16)27-26(34-24)28-25(29)18-14-20(31-2)23(33-4)21(15-18)32-3/h5-15H,1-4H3,(H,27,28,29). The zero-order chi connectivity index (χ0) is 24.1. The summed E-state index contributed by atoms with van der Waals surface area (Å²) < 4.78 is 21.4. The number of carbonyl (C=O) groups excluding carboxylic acids is 1. The smallest absolute Gasteiger partial charge is 0.257 e. The average Bonchev–Trinajstić information content (AvgIpc) is 3.31. The van der Waals surface area contributed by atoms with Gasteiger partial charge in [0.1, 0.15) is 5.75 Å². The fourth-order valence-electron chi connectivity index (χ4n) is 3.48. The van der Waals surface area contributed by atoms with E-state index in [4.69, 9.17) is 23.9 Å². The molecule has 174 valence electrons. The minimum atomic E-state index is -0.339. The van der Waals surface area contributed by atoms with Gasteiger partial charge in [0, 0.05) is 11.1 Å². The van der Waals surface area contributed by atoms with Gasteiger partial charge in [0.2, 0.25) is 5.75 Å². The molecule has 0 aliphatic carbocycles. The molecule has 0 bridgehead atoms. The van der Waals surface area contributed by atoms with Crippen molar-refractivity contribution < 1.29 is 23.7 Å². The Hall–Kier alpha value is -4.04. The van der Waals surface area contributed by atoms with Gasteiger partial charge in [-0.3, -0.25) is 10.1 Å². The molecule has 4 aromatic rings. The second-order valence-electron chi connectivity index (χ2n) is 7.16. The molecule has 0 saturated carbocycles. The van der Waals surface area contributed by atoms with E-state index in [2.05, 4.69) is 5.32 Å². The third-order valence-corrected chi connectivity index (χ3v) is 6.19. The van der Waals surface area contributed by atoms with Crippen molar-refractivity contribution in [3.63, 3.8) is 0 Å². The highest BCUT2D eigenvalue weighted by molar-refractivity contribution is 7.19. The topological polar surface area (TPSA) is 78.9 Å². The molecule has 0 aliphatic heterocycles. The van der Waals surface area contributed by atoms with E-state index in [0.717, 1.165) is 27.4 Å². The molecule has 0 spiro atoms. The molecular formula is C26H24N2O5S. The third-order valence-electron chi connectivity index (χ3n) is 5.17. The molecule has 3 aromatic carbocycles. The van der Waals surface area contributed by atoms with E-state index in [1.54, 1.807) is 19.2 Å². The Bertz CT molecular complexity index is 1260. The maximum atomic E-state index is 13.1. The van der Waals surface area contributed by atoms with Gasteiger partial charge in [0.15, 0.2) is 16.6 Å². The Morgan fingerprint density at radius 3 is 2.00 bits per heavy atom. The van der Waals surface area contributed by atoms with E-state index in [1.807, 2.05) is 54.6 Å². The summed E-state index contributed by atoms with van der Waals surface area (Å²) in [6.07, 6.45) is 0. The highest BCUT2D eigenvalue weighted by atomic mass is 32.1. The summed E-state index contributed by atoms with van der Waals surface area (Å²) in [6, 6.07) is 20.8. The minimum absolute atomic E-state index is 0.339. The zero-order valence-corrected chi connectivity index (χ0v) is 20.1. The lowest BCUT2D eigenvalue weighted by Gasteiger charge is -2.13. The van der Waals surface area contributed by atoms with Crippen LogP contribution in [0.25, 0.3) is 21.7 Å². The summed E-state index contributed by atoms with van der Waals surface area (Å²) in [5.74, 6) is 1.65. The van der Waals surface area contributed by atoms with Crippen LogP contribution in [0, 0.1) is 0 Å². The molecule has 1 amide bonds. The maximum Gasteiger partial charge on any atom is 0.257 e. The SMILES string of the molecule is COc1ccc(-c2sc(NC(=O)c3cc(OC)c(OC)c(OC)c3)nc2-c2ccccc2)cc1. The number of rotatable bonds is 8. The maximum absolute atomic E-state index is 13.1. The molecular weight excluding hydrogens is 452 g/mol. The first kappa shape index (κ1) is 23.1. The quantitative estimate of drug-likeness (QED) is 0.348. The Kier molecular flexibility index (Phi) is 6.98. The number of anilines is 1. The number of hydrogen-bond donors (Lipinski definition) is 1. The number of nitrogens with one attached hydrogen (secondary N) is 1. The predicted octanol–water partition coefficient (Wildman–Crippen LogP) is 5.76. The van der Waals surface area contributed by atoms with Crippen molar-refractivity contribution in [1.82, 2.24) is 4.98 Å². The number of amides is 1. The van der Waals surface area contributed by atoms with Crippen molar-refractivity contribution in [2.75, 3.05) is 33.8 Å². The molecule has 0 unspecified atom stereocenters. The van der Waals surface area contributed by atoms with Crippen molar-refractivity contribution in [2.24, 2.45) is 0 Å². The van der Waals surface area contributed by atoms with Crippen molar-refractivity contribution in [2.45, 2.75) is 0 Å². The fourth-order valence-corrected chi connectivity index (χ4v) is 4.47. The molecule has 0 radical (unpaired) electrons. The lowest BCUT2D eigenvalue weighted by Crippen LogP contribution is -2.12. The van der Waals surface area contributed by atoms with Crippen molar-refractivity contribution in [3.05, 3.63) is 72.3 Å². The first-order valence-corrected chi connectivity index (χ1v) is 11.2. The van der Waals surface area contributed by atoms with E-state index >= 15 is 0 Å². The monoisotopic (exact) mass is 476 g/mol. The summed E-state index contributed by atoms with van der Waals surface area (Å²) in [6.45, 7) is 0. The number of methoxy groups -OCH3 is 4. The molecule has 0 saturated heterocycles. The van der Waals surface area contributed by atoms with E-state index in [1.165, 1.54) is 32.7 Å². The predicted molar refractivity (Wildman–Crippen MR) is 134 cm³/mol. The third kappa shape index (κ3) is 4.67. The first-order valence-electron chi connectivity index (χ1n) is 10.4. The Balaban J connectivity index is 1.71. The summed E-state index contributed by atoms with van der Waals surface area (Å²) in [5, 5.41) is 3.39. The Labute approximate surface area is 201 Å². The fraction of sp³-hybridized carbons (Fsp3) is 0.154. The van der Waals surface area contributed by atoms with Gasteiger partial charge < -0.3 is 18.9 Å². The van der Waals surface area contributed by atoms with Gasteiger partial charge in [-0.2, -0.15) is 0 Å². The van der Waals surface area contributed by atoms with Gasteiger partial charge >= 0.3 is 0 Å². The number of aromatic nitrogens is 1. The van der Waals surface area contributed by atoms with Crippen LogP contribution in [0.5, 0.6) is 23.0 Å². The second kappa shape index (κ2) is 10.3. The molecule has 0 atom stereocenters. The van der Waals surface area contributed by atoms with E-state index in [-0.39, 0.29) is 5.91 Å². The Morgan fingerprint density at radius 1 is 0.794 bits per heavy atom. The lowest BCUT2D eigenvalue weighted by atomic mass is 10.1. The first-order chi connectivity index (χ1) is 16.6. The van der Waals surface area contributed by atoms with Gasteiger partial charge in [-0.25, -0.2) is 4.98 Å².